The largest absolute Gasteiger partial charge is 0.504 e. The van der Waals surface area contributed by atoms with Crippen LogP contribution < -0.4 is 4.74 Å². The van der Waals surface area contributed by atoms with Gasteiger partial charge in [0.25, 0.3) is 0 Å². The van der Waals surface area contributed by atoms with Crippen LogP contribution >= 0.6 is 0 Å². The van der Waals surface area contributed by atoms with Gasteiger partial charge in [-0.1, -0.05) is 6.07 Å². The molecule has 0 aromatic heterocycles. The maximum Gasteiger partial charge on any atom is 0.162 e. The number of hydrogen-bond acceptors (Lipinski definition) is 5. The average molecular weight is 313 g/mol. The molecule has 2 aromatic rings. The number of fused-ring (bicyclic) bond motifs is 4. The standard InChI is InChI=1S/C18H19NO4/c1-23-17-7-11-4-5-19-9-13-10(2-3-15(20)18(13)22)6-14(19)12(11)8-16(17)21/h2-3,7-8,14,20-22H,4-6,9H2,1H3. The van der Waals surface area contributed by atoms with Crippen LogP contribution in [0.25, 0.3) is 0 Å². The molecule has 2 aromatic carbocycles. The highest BCUT2D eigenvalue weighted by atomic mass is 16.5. The number of methoxy groups -OCH3 is 1. The van der Waals surface area contributed by atoms with Crippen LogP contribution in [0, 0.1) is 0 Å². The summed E-state index contributed by atoms with van der Waals surface area (Å²) in [5.74, 6) is 0.592. The maximum absolute atomic E-state index is 10.1. The third kappa shape index (κ3) is 2.11. The van der Waals surface area contributed by atoms with E-state index in [9.17, 15) is 15.3 Å². The predicted molar refractivity (Wildman–Crippen MR) is 85.0 cm³/mol. The molecule has 4 rings (SSSR count). The van der Waals surface area contributed by atoms with E-state index in [2.05, 4.69) is 4.90 Å². The smallest absolute Gasteiger partial charge is 0.162 e. The van der Waals surface area contributed by atoms with Crippen LogP contribution in [0.5, 0.6) is 23.0 Å². The Kier molecular flexibility index (Phi) is 3.13. The third-order valence-electron chi connectivity index (χ3n) is 5.04. The Morgan fingerprint density at radius 3 is 2.70 bits per heavy atom. The van der Waals surface area contributed by atoms with E-state index >= 15 is 0 Å². The van der Waals surface area contributed by atoms with E-state index in [1.807, 2.05) is 12.1 Å². The van der Waals surface area contributed by atoms with Crippen molar-refractivity contribution in [3.8, 4) is 23.0 Å². The first-order valence-electron chi connectivity index (χ1n) is 7.75. The lowest BCUT2D eigenvalue weighted by Crippen LogP contribution is -2.39. The Balaban J connectivity index is 1.78. The molecule has 2 heterocycles. The number of aromatic hydroxyl groups is 3. The summed E-state index contributed by atoms with van der Waals surface area (Å²) in [6.07, 6.45) is 1.62. The molecular formula is C18H19NO4. The summed E-state index contributed by atoms with van der Waals surface area (Å²) < 4.78 is 5.21. The predicted octanol–water partition coefficient (Wildman–Crippen LogP) is 2.47. The first kappa shape index (κ1) is 14.2. The molecule has 2 aliphatic heterocycles. The summed E-state index contributed by atoms with van der Waals surface area (Å²) in [5.41, 5.74) is 4.17. The lowest BCUT2D eigenvalue weighted by Gasteiger charge is -2.41. The molecule has 0 bridgehead atoms. The van der Waals surface area contributed by atoms with Crippen molar-refractivity contribution in [2.24, 2.45) is 0 Å². The van der Waals surface area contributed by atoms with Gasteiger partial charge in [0.15, 0.2) is 23.0 Å². The number of nitrogens with zero attached hydrogens (tertiary/aromatic N) is 1. The fourth-order valence-electron chi connectivity index (χ4n) is 3.81. The molecule has 2 aliphatic rings. The highest BCUT2D eigenvalue weighted by molar-refractivity contribution is 5.53. The van der Waals surface area contributed by atoms with Crippen molar-refractivity contribution in [3.05, 3.63) is 46.5 Å². The average Bonchev–Trinajstić information content (AvgIpc) is 2.56. The van der Waals surface area contributed by atoms with Gasteiger partial charge in [-0.3, -0.25) is 4.90 Å². The van der Waals surface area contributed by atoms with E-state index in [-0.39, 0.29) is 23.3 Å². The zero-order valence-corrected chi connectivity index (χ0v) is 12.9. The minimum absolute atomic E-state index is 0.00988. The van der Waals surface area contributed by atoms with Crippen LogP contribution in [0.3, 0.4) is 0 Å². The van der Waals surface area contributed by atoms with Crippen LogP contribution in [-0.4, -0.2) is 33.9 Å². The Morgan fingerprint density at radius 1 is 1.09 bits per heavy atom. The molecule has 1 atom stereocenters. The van der Waals surface area contributed by atoms with Gasteiger partial charge in [-0.05, 0) is 47.7 Å². The number of phenolic OH excluding ortho intramolecular Hbond substituents is 3. The Bertz CT molecular complexity index is 787. The number of benzene rings is 2. The number of ether oxygens (including phenoxy) is 1. The van der Waals surface area contributed by atoms with Crippen LogP contribution in [0.1, 0.15) is 28.3 Å². The summed E-state index contributed by atoms with van der Waals surface area (Å²) in [5, 5.41) is 29.9. The van der Waals surface area contributed by atoms with Gasteiger partial charge in [0.1, 0.15) is 0 Å². The molecule has 23 heavy (non-hydrogen) atoms. The first-order valence-corrected chi connectivity index (χ1v) is 7.75. The van der Waals surface area contributed by atoms with Crippen molar-refractivity contribution in [1.29, 1.82) is 0 Å². The topological polar surface area (TPSA) is 73.2 Å². The molecule has 3 N–H and O–H groups in total. The molecule has 0 radical (unpaired) electrons. The fourth-order valence-corrected chi connectivity index (χ4v) is 3.81. The van der Waals surface area contributed by atoms with E-state index in [1.165, 1.54) is 5.56 Å². The van der Waals surface area contributed by atoms with Gasteiger partial charge in [-0.15, -0.1) is 0 Å². The molecule has 0 saturated heterocycles. The molecule has 0 fully saturated rings. The summed E-state index contributed by atoms with van der Waals surface area (Å²) in [4.78, 5) is 2.29. The Morgan fingerprint density at radius 2 is 1.91 bits per heavy atom. The second kappa shape index (κ2) is 5.06. The molecule has 0 amide bonds. The molecule has 0 aliphatic carbocycles. The summed E-state index contributed by atoms with van der Waals surface area (Å²) in [6, 6.07) is 7.31. The van der Waals surface area contributed by atoms with Crippen molar-refractivity contribution < 1.29 is 20.1 Å². The van der Waals surface area contributed by atoms with Crippen LogP contribution in [0.2, 0.25) is 0 Å². The molecular weight excluding hydrogens is 294 g/mol. The van der Waals surface area contributed by atoms with Crippen molar-refractivity contribution in [2.45, 2.75) is 25.4 Å². The van der Waals surface area contributed by atoms with Crippen LogP contribution in [0.15, 0.2) is 24.3 Å². The molecule has 0 saturated carbocycles. The molecule has 5 nitrogen and oxygen atoms in total. The Hall–Kier alpha value is -2.40. The van der Waals surface area contributed by atoms with E-state index in [1.54, 1.807) is 19.2 Å². The first-order chi connectivity index (χ1) is 11.1. The molecule has 5 heteroatoms. The molecule has 0 spiro atoms. The fraction of sp³-hybridized carbons (Fsp3) is 0.333. The van der Waals surface area contributed by atoms with E-state index < -0.39 is 0 Å². The van der Waals surface area contributed by atoms with Crippen LogP contribution in [0.4, 0.5) is 0 Å². The number of rotatable bonds is 1. The maximum atomic E-state index is 10.1. The number of phenols is 3. The summed E-state index contributed by atoms with van der Waals surface area (Å²) in [6.45, 7) is 1.48. The van der Waals surface area contributed by atoms with Gasteiger partial charge < -0.3 is 20.1 Å². The van der Waals surface area contributed by atoms with Crippen molar-refractivity contribution >= 4 is 0 Å². The zero-order chi connectivity index (χ0) is 16.1. The van der Waals surface area contributed by atoms with Crippen molar-refractivity contribution in [1.82, 2.24) is 4.90 Å². The highest BCUT2D eigenvalue weighted by Crippen LogP contribution is 2.44. The van der Waals surface area contributed by atoms with Crippen molar-refractivity contribution in [2.75, 3.05) is 13.7 Å². The van der Waals surface area contributed by atoms with E-state index in [0.29, 0.717) is 12.3 Å². The second-order valence-electron chi connectivity index (χ2n) is 6.23. The normalized spacial score (nSPS) is 19.6. The van der Waals surface area contributed by atoms with Gasteiger partial charge >= 0.3 is 0 Å². The Labute approximate surface area is 134 Å². The van der Waals surface area contributed by atoms with Gasteiger partial charge in [0.2, 0.25) is 0 Å². The zero-order valence-electron chi connectivity index (χ0n) is 12.9. The molecule has 1 unspecified atom stereocenters. The van der Waals surface area contributed by atoms with Gasteiger partial charge in [-0.25, -0.2) is 0 Å². The lowest BCUT2D eigenvalue weighted by molar-refractivity contribution is 0.157. The van der Waals surface area contributed by atoms with Gasteiger partial charge in [0, 0.05) is 24.7 Å². The number of hydrogen-bond donors (Lipinski definition) is 3. The van der Waals surface area contributed by atoms with E-state index in [4.69, 9.17) is 4.74 Å². The minimum Gasteiger partial charge on any atom is -0.504 e. The van der Waals surface area contributed by atoms with Gasteiger partial charge in [-0.2, -0.15) is 0 Å². The lowest BCUT2D eigenvalue weighted by atomic mass is 9.83. The third-order valence-corrected chi connectivity index (χ3v) is 5.04. The SMILES string of the molecule is COc1cc2c(cc1O)C1Cc3ccc(O)c(O)c3CN1CC2. The van der Waals surface area contributed by atoms with E-state index in [0.717, 1.165) is 36.1 Å². The highest BCUT2D eigenvalue weighted by Gasteiger charge is 2.34. The van der Waals surface area contributed by atoms with Crippen LogP contribution in [-0.2, 0) is 19.4 Å². The summed E-state index contributed by atoms with van der Waals surface area (Å²) in [7, 11) is 1.56. The monoisotopic (exact) mass is 313 g/mol. The van der Waals surface area contributed by atoms with Crippen molar-refractivity contribution in [3.63, 3.8) is 0 Å². The molecule has 120 valence electrons. The minimum atomic E-state index is -0.0676. The quantitative estimate of drug-likeness (QED) is 0.705. The van der Waals surface area contributed by atoms with Gasteiger partial charge in [0.05, 0.1) is 7.11 Å². The summed E-state index contributed by atoms with van der Waals surface area (Å²) >= 11 is 0. The second-order valence-corrected chi connectivity index (χ2v) is 6.23.